The van der Waals surface area contributed by atoms with Crippen LogP contribution < -0.4 is 5.32 Å². The molecule has 0 saturated carbocycles. The highest BCUT2D eigenvalue weighted by atomic mass is 16.6. The fourth-order valence-corrected chi connectivity index (χ4v) is 1.41. The van der Waals surface area contributed by atoms with Crippen molar-refractivity contribution in [2.75, 3.05) is 13.2 Å². The number of esters is 1. The van der Waals surface area contributed by atoms with Crippen molar-refractivity contribution in [2.45, 2.75) is 39.8 Å². The molecule has 0 aromatic carbocycles. The predicted octanol–water partition coefficient (Wildman–Crippen LogP) is 0.828. The van der Waals surface area contributed by atoms with E-state index >= 15 is 0 Å². The molecule has 1 saturated heterocycles. The number of carbonyl (C=O) groups excluding carboxylic acids is 2. The van der Waals surface area contributed by atoms with Gasteiger partial charge in [-0.25, -0.2) is 4.79 Å². The lowest BCUT2D eigenvalue weighted by molar-refractivity contribution is -0.195. The van der Waals surface area contributed by atoms with Crippen LogP contribution in [0.4, 0.5) is 0 Å². The number of amides is 1. The van der Waals surface area contributed by atoms with E-state index in [1.54, 1.807) is 6.92 Å². The van der Waals surface area contributed by atoms with E-state index < -0.39 is 17.1 Å². The van der Waals surface area contributed by atoms with Crippen LogP contribution in [0.5, 0.6) is 0 Å². The summed E-state index contributed by atoms with van der Waals surface area (Å²) < 4.78 is 10.3. The van der Waals surface area contributed by atoms with Gasteiger partial charge in [0.25, 0.3) is 0 Å². The second-order valence-corrected chi connectivity index (χ2v) is 4.41. The first-order chi connectivity index (χ1) is 7.38. The average molecular weight is 229 g/mol. The van der Waals surface area contributed by atoms with Crippen LogP contribution in [0.25, 0.3) is 0 Å². The van der Waals surface area contributed by atoms with E-state index in [0.29, 0.717) is 6.42 Å². The van der Waals surface area contributed by atoms with Crippen molar-refractivity contribution in [3.63, 3.8) is 0 Å². The lowest BCUT2D eigenvalue weighted by Crippen LogP contribution is -2.64. The minimum absolute atomic E-state index is 0.170. The third-order valence-corrected chi connectivity index (χ3v) is 3.02. The van der Waals surface area contributed by atoms with E-state index in [4.69, 9.17) is 9.47 Å². The van der Waals surface area contributed by atoms with Gasteiger partial charge in [-0.15, -0.1) is 0 Å². The van der Waals surface area contributed by atoms with Crippen LogP contribution in [-0.4, -0.2) is 30.8 Å². The minimum atomic E-state index is -1.35. The van der Waals surface area contributed by atoms with Crippen LogP contribution in [0.1, 0.15) is 34.1 Å². The third kappa shape index (κ3) is 2.19. The maximum absolute atomic E-state index is 11.9. The summed E-state index contributed by atoms with van der Waals surface area (Å²) in [5.74, 6) is -0.724. The van der Waals surface area contributed by atoms with Gasteiger partial charge in [0.15, 0.2) is 0 Å². The number of hydrogen-bond donors (Lipinski definition) is 1. The molecule has 2 unspecified atom stereocenters. The van der Waals surface area contributed by atoms with Crippen LogP contribution in [0.2, 0.25) is 0 Å². The van der Waals surface area contributed by atoms with E-state index in [2.05, 4.69) is 5.32 Å². The van der Waals surface area contributed by atoms with Gasteiger partial charge in [0.1, 0.15) is 0 Å². The summed E-state index contributed by atoms with van der Waals surface area (Å²) in [5, 5.41) is 2.58. The third-order valence-electron chi connectivity index (χ3n) is 3.02. The molecule has 2 atom stereocenters. The zero-order valence-electron chi connectivity index (χ0n) is 10.3. The molecule has 1 fully saturated rings. The van der Waals surface area contributed by atoms with E-state index in [0.717, 1.165) is 0 Å². The highest BCUT2D eigenvalue weighted by Gasteiger charge is 2.48. The van der Waals surface area contributed by atoms with Gasteiger partial charge in [0.05, 0.1) is 18.6 Å². The average Bonchev–Trinajstić information content (AvgIpc) is 2.25. The van der Waals surface area contributed by atoms with Crippen LogP contribution in [0.3, 0.4) is 0 Å². The summed E-state index contributed by atoms with van der Waals surface area (Å²) in [4.78, 5) is 23.5. The number of ether oxygens (including phenoxy) is 2. The van der Waals surface area contributed by atoms with Crippen molar-refractivity contribution in [2.24, 2.45) is 5.41 Å². The molecule has 0 aliphatic carbocycles. The Hall–Kier alpha value is -1.10. The lowest BCUT2D eigenvalue weighted by Gasteiger charge is -2.40. The van der Waals surface area contributed by atoms with Crippen molar-refractivity contribution >= 4 is 11.9 Å². The number of nitrogens with one attached hydrogen (secondary N) is 1. The van der Waals surface area contributed by atoms with Crippen molar-refractivity contribution in [1.29, 1.82) is 0 Å². The first-order valence-electron chi connectivity index (χ1n) is 5.52. The lowest BCUT2D eigenvalue weighted by atomic mass is 9.85. The largest absolute Gasteiger partial charge is 0.462 e. The zero-order valence-corrected chi connectivity index (χ0v) is 10.3. The Morgan fingerprint density at radius 1 is 1.50 bits per heavy atom. The SMILES string of the molecule is CCOC(=O)C1(C)NC(=O)C(C)(CC)CO1. The maximum atomic E-state index is 11.9. The topological polar surface area (TPSA) is 64.6 Å². The van der Waals surface area contributed by atoms with Crippen molar-refractivity contribution in [3.05, 3.63) is 0 Å². The fourth-order valence-electron chi connectivity index (χ4n) is 1.41. The Morgan fingerprint density at radius 3 is 2.56 bits per heavy atom. The smallest absolute Gasteiger partial charge is 0.359 e. The van der Waals surface area contributed by atoms with Crippen molar-refractivity contribution in [3.8, 4) is 0 Å². The van der Waals surface area contributed by atoms with E-state index in [1.807, 2.05) is 13.8 Å². The van der Waals surface area contributed by atoms with Gasteiger partial charge in [0.2, 0.25) is 11.6 Å². The van der Waals surface area contributed by atoms with Crippen molar-refractivity contribution in [1.82, 2.24) is 5.32 Å². The minimum Gasteiger partial charge on any atom is -0.462 e. The summed E-state index contributed by atoms with van der Waals surface area (Å²) in [6.45, 7) is 7.44. The van der Waals surface area contributed by atoms with Gasteiger partial charge in [-0.1, -0.05) is 6.92 Å². The van der Waals surface area contributed by atoms with Gasteiger partial charge >= 0.3 is 5.97 Å². The molecule has 1 amide bonds. The molecule has 1 rings (SSSR count). The molecule has 5 nitrogen and oxygen atoms in total. The number of carbonyl (C=O) groups is 2. The Kier molecular flexibility index (Phi) is 3.57. The van der Waals surface area contributed by atoms with Gasteiger partial charge in [-0.05, 0) is 27.2 Å². The van der Waals surface area contributed by atoms with Crippen LogP contribution >= 0.6 is 0 Å². The molecule has 16 heavy (non-hydrogen) atoms. The quantitative estimate of drug-likeness (QED) is 0.728. The Balaban J connectivity index is 2.77. The van der Waals surface area contributed by atoms with Crippen LogP contribution in [0, 0.1) is 5.41 Å². The molecule has 1 aliphatic heterocycles. The zero-order chi connectivity index (χ0) is 12.4. The molecule has 0 radical (unpaired) electrons. The molecular weight excluding hydrogens is 210 g/mol. The monoisotopic (exact) mass is 229 g/mol. The summed E-state index contributed by atoms with van der Waals surface area (Å²) in [6.07, 6.45) is 0.664. The molecule has 0 spiro atoms. The first-order valence-corrected chi connectivity index (χ1v) is 5.52. The molecule has 0 aromatic rings. The van der Waals surface area contributed by atoms with Crippen LogP contribution in [-0.2, 0) is 19.1 Å². The molecule has 1 N–H and O–H groups in total. The normalized spacial score (nSPS) is 34.4. The van der Waals surface area contributed by atoms with E-state index in [-0.39, 0.29) is 19.1 Å². The molecule has 0 aromatic heterocycles. The second kappa shape index (κ2) is 4.41. The van der Waals surface area contributed by atoms with Gasteiger partial charge in [0, 0.05) is 0 Å². The van der Waals surface area contributed by atoms with Gasteiger partial charge in [-0.2, -0.15) is 0 Å². The molecule has 0 bridgehead atoms. The Bertz CT molecular complexity index is 304. The highest BCUT2D eigenvalue weighted by molar-refractivity contribution is 5.90. The fraction of sp³-hybridized carbons (Fsp3) is 0.818. The molecule has 92 valence electrons. The predicted molar refractivity (Wildman–Crippen MR) is 57.5 cm³/mol. The molecule has 1 heterocycles. The second-order valence-electron chi connectivity index (χ2n) is 4.41. The molecule has 5 heteroatoms. The summed E-state index contributed by atoms with van der Waals surface area (Å²) >= 11 is 0. The van der Waals surface area contributed by atoms with Crippen molar-refractivity contribution < 1.29 is 19.1 Å². The van der Waals surface area contributed by atoms with Crippen LogP contribution in [0.15, 0.2) is 0 Å². The summed E-state index contributed by atoms with van der Waals surface area (Å²) in [6, 6.07) is 0. The number of hydrogen-bond acceptors (Lipinski definition) is 4. The summed E-state index contributed by atoms with van der Waals surface area (Å²) in [7, 11) is 0. The Labute approximate surface area is 95.5 Å². The van der Waals surface area contributed by atoms with Gasteiger partial charge < -0.3 is 14.8 Å². The highest BCUT2D eigenvalue weighted by Crippen LogP contribution is 2.29. The van der Waals surface area contributed by atoms with E-state index in [9.17, 15) is 9.59 Å². The Morgan fingerprint density at radius 2 is 2.12 bits per heavy atom. The first kappa shape index (κ1) is 13.0. The molecular formula is C11H19NO4. The standard InChI is InChI=1S/C11H19NO4/c1-5-10(3)7-16-11(4,12-8(10)13)9(14)15-6-2/h5-7H2,1-4H3,(H,12,13). The number of rotatable bonds is 3. The maximum Gasteiger partial charge on any atom is 0.359 e. The molecule has 1 aliphatic rings. The summed E-state index contributed by atoms with van der Waals surface area (Å²) in [5.41, 5.74) is -1.91. The van der Waals surface area contributed by atoms with E-state index in [1.165, 1.54) is 6.92 Å². The van der Waals surface area contributed by atoms with Gasteiger partial charge in [-0.3, -0.25) is 4.79 Å².